The molecule has 0 unspecified atom stereocenters. The third-order valence-electron chi connectivity index (χ3n) is 4.42. The Kier molecular flexibility index (Phi) is 5.49. The molecular formula is C19H23N3O4. The quantitative estimate of drug-likeness (QED) is 0.871. The van der Waals surface area contributed by atoms with E-state index in [0.717, 1.165) is 16.6 Å². The number of hydrogen-bond donors (Lipinski definition) is 1. The average Bonchev–Trinajstić information content (AvgIpc) is 2.59. The molecule has 0 radical (unpaired) electrons. The molecule has 3 rings (SSSR count). The van der Waals surface area contributed by atoms with Gasteiger partial charge in [0.25, 0.3) is 5.91 Å². The summed E-state index contributed by atoms with van der Waals surface area (Å²) in [5, 5.41) is 9.72. The van der Waals surface area contributed by atoms with Crippen molar-refractivity contribution >= 4 is 22.8 Å². The van der Waals surface area contributed by atoms with E-state index in [1.807, 2.05) is 37.3 Å². The number of fused-ring (bicyclic) bond motifs is 1. The number of nitrogens with zero attached hydrogens (tertiary/aromatic N) is 3. The highest BCUT2D eigenvalue weighted by atomic mass is 16.5. The average molecular weight is 357 g/mol. The van der Waals surface area contributed by atoms with Crippen molar-refractivity contribution < 1.29 is 19.4 Å². The second-order valence-corrected chi connectivity index (χ2v) is 6.66. The number of ether oxygens (including phenoxy) is 1. The van der Waals surface area contributed by atoms with Gasteiger partial charge in [0.1, 0.15) is 0 Å². The summed E-state index contributed by atoms with van der Waals surface area (Å²) in [5.74, 6) is -0.920. The fourth-order valence-electron chi connectivity index (χ4n) is 3.31. The Morgan fingerprint density at radius 3 is 2.92 bits per heavy atom. The number of likely N-dealkylation sites (N-methyl/N-ethyl adjacent to an activating group) is 1. The van der Waals surface area contributed by atoms with Gasteiger partial charge in [0.2, 0.25) is 0 Å². The van der Waals surface area contributed by atoms with Crippen LogP contribution in [0.1, 0.15) is 16.1 Å². The van der Waals surface area contributed by atoms with Crippen LogP contribution >= 0.6 is 0 Å². The minimum atomic E-state index is -0.880. The number of rotatable bonds is 5. The van der Waals surface area contributed by atoms with Gasteiger partial charge in [-0.3, -0.25) is 19.5 Å². The molecule has 1 aliphatic rings. The summed E-state index contributed by atoms with van der Waals surface area (Å²) in [5.41, 5.74) is 2.26. The number of benzene rings is 1. The molecule has 2 aromatic rings. The van der Waals surface area contributed by atoms with Crippen LogP contribution < -0.4 is 0 Å². The first-order chi connectivity index (χ1) is 12.4. The molecule has 1 N–H and O–H groups in total. The summed E-state index contributed by atoms with van der Waals surface area (Å²) in [6.07, 6.45) is -0.203. The lowest BCUT2D eigenvalue weighted by atomic mass is 10.1. The molecule has 138 valence electrons. The van der Waals surface area contributed by atoms with Crippen molar-refractivity contribution in [2.45, 2.75) is 13.0 Å². The second kappa shape index (κ2) is 7.80. The van der Waals surface area contributed by atoms with E-state index in [-0.39, 0.29) is 18.6 Å². The van der Waals surface area contributed by atoms with Crippen molar-refractivity contribution in [1.82, 2.24) is 14.8 Å². The van der Waals surface area contributed by atoms with Crippen molar-refractivity contribution in [1.29, 1.82) is 0 Å². The Morgan fingerprint density at radius 1 is 1.38 bits per heavy atom. The van der Waals surface area contributed by atoms with Crippen LogP contribution in [0, 0.1) is 6.92 Å². The SMILES string of the molecule is Cc1cc(C(=O)N2CCO[C@H](CN(C)CC(=O)O)C2)c2ccccc2n1. The monoisotopic (exact) mass is 357 g/mol. The van der Waals surface area contributed by atoms with Gasteiger partial charge in [0.05, 0.1) is 30.3 Å². The first-order valence-corrected chi connectivity index (χ1v) is 8.61. The second-order valence-electron chi connectivity index (χ2n) is 6.66. The molecule has 26 heavy (non-hydrogen) atoms. The molecule has 2 heterocycles. The van der Waals surface area contributed by atoms with E-state index in [2.05, 4.69) is 4.98 Å². The van der Waals surface area contributed by atoms with Crippen molar-refractivity contribution in [3.63, 3.8) is 0 Å². The number of morpholine rings is 1. The van der Waals surface area contributed by atoms with E-state index in [9.17, 15) is 9.59 Å². The van der Waals surface area contributed by atoms with Gasteiger partial charge in [-0.25, -0.2) is 0 Å². The number of pyridine rings is 1. The maximum absolute atomic E-state index is 13.1. The molecule has 1 aromatic carbocycles. The van der Waals surface area contributed by atoms with Gasteiger partial charge < -0.3 is 14.7 Å². The molecule has 0 bridgehead atoms. The molecule has 1 aliphatic heterocycles. The van der Waals surface area contributed by atoms with Crippen LogP contribution in [0.5, 0.6) is 0 Å². The third kappa shape index (κ3) is 4.17. The van der Waals surface area contributed by atoms with Gasteiger partial charge in [-0.05, 0) is 26.1 Å². The number of aryl methyl sites for hydroxylation is 1. The van der Waals surface area contributed by atoms with Gasteiger partial charge in [-0.15, -0.1) is 0 Å². The number of carboxylic acids is 1. The summed E-state index contributed by atoms with van der Waals surface area (Å²) in [6, 6.07) is 9.45. The van der Waals surface area contributed by atoms with Crippen LogP contribution in [0.25, 0.3) is 10.9 Å². The van der Waals surface area contributed by atoms with Crippen molar-refractivity contribution in [3.05, 3.63) is 41.6 Å². The van der Waals surface area contributed by atoms with Crippen LogP contribution in [0.2, 0.25) is 0 Å². The Bertz CT molecular complexity index is 824. The largest absolute Gasteiger partial charge is 0.480 e. The molecular weight excluding hydrogens is 334 g/mol. The fraction of sp³-hybridized carbons (Fsp3) is 0.421. The van der Waals surface area contributed by atoms with Crippen molar-refractivity contribution in [2.24, 2.45) is 0 Å². The van der Waals surface area contributed by atoms with Crippen molar-refractivity contribution in [2.75, 3.05) is 39.8 Å². The number of para-hydroxylation sites is 1. The summed E-state index contributed by atoms with van der Waals surface area (Å²) in [4.78, 5) is 31.9. The lowest BCUT2D eigenvalue weighted by Gasteiger charge is -2.34. The van der Waals surface area contributed by atoms with E-state index >= 15 is 0 Å². The molecule has 0 saturated carbocycles. The molecule has 1 fully saturated rings. The summed E-state index contributed by atoms with van der Waals surface area (Å²) < 4.78 is 5.72. The Labute approximate surface area is 152 Å². The smallest absolute Gasteiger partial charge is 0.317 e. The van der Waals surface area contributed by atoms with Crippen LogP contribution in [0.15, 0.2) is 30.3 Å². The van der Waals surface area contributed by atoms with Gasteiger partial charge in [0, 0.05) is 30.7 Å². The van der Waals surface area contributed by atoms with E-state index in [0.29, 0.717) is 31.8 Å². The number of carbonyl (C=O) groups excluding carboxylic acids is 1. The first-order valence-electron chi connectivity index (χ1n) is 8.61. The van der Waals surface area contributed by atoms with E-state index in [4.69, 9.17) is 9.84 Å². The van der Waals surface area contributed by atoms with Crippen molar-refractivity contribution in [3.8, 4) is 0 Å². The Hall–Kier alpha value is -2.51. The minimum absolute atomic E-state index is 0.0408. The number of aromatic nitrogens is 1. The lowest BCUT2D eigenvalue weighted by Crippen LogP contribution is -2.49. The molecule has 0 aliphatic carbocycles. The number of aliphatic carboxylic acids is 1. The zero-order chi connectivity index (χ0) is 18.7. The van der Waals surface area contributed by atoms with Gasteiger partial charge in [-0.2, -0.15) is 0 Å². The third-order valence-corrected chi connectivity index (χ3v) is 4.42. The molecule has 0 spiro atoms. The van der Waals surface area contributed by atoms with Crippen LogP contribution in [-0.2, 0) is 9.53 Å². The maximum Gasteiger partial charge on any atom is 0.317 e. The predicted molar refractivity (Wildman–Crippen MR) is 97.3 cm³/mol. The summed E-state index contributed by atoms with van der Waals surface area (Å²) in [6.45, 7) is 3.70. The topological polar surface area (TPSA) is 83.0 Å². The zero-order valence-corrected chi connectivity index (χ0v) is 15.0. The molecule has 7 heteroatoms. The normalized spacial score (nSPS) is 17.7. The summed E-state index contributed by atoms with van der Waals surface area (Å²) in [7, 11) is 1.73. The molecule has 1 saturated heterocycles. The molecule has 1 amide bonds. The summed E-state index contributed by atoms with van der Waals surface area (Å²) >= 11 is 0. The maximum atomic E-state index is 13.1. The van der Waals surface area contributed by atoms with Crippen LogP contribution in [-0.4, -0.2) is 77.7 Å². The number of hydrogen-bond acceptors (Lipinski definition) is 5. The fourth-order valence-corrected chi connectivity index (χ4v) is 3.31. The minimum Gasteiger partial charge on any atom is -0.480 e. The van der Waals surface area contributed by atoms with Crippen LogP contribution in [0.4, 0.5) is 0 Å². The van der Waals surface area contributed by atoms with Gasteiger partial charge >= 0.3 is 5.97 Å². The number of carboxylic acid groups (broad SMARTS) is 1. The molecule has 1 aromatic heterocycles. The lowest BCUT2D eigenvalue weighted by molar-refractivity contribution is -0.138. The zero-order valence-electron chi connectivity index (χ0n) is 15.0. The Morgan fingerprint density at radius 2 is 2.15 bits per heavy atom. The van der Waals surface area contributed by atoms with Gasteiger partial charge in [0.15, 0.2) is 0 Å². The number of amides is 1. The number of carbonyl (C=O) groups is 2. The standard InChI is InChI=1S/C19H23N3O4/c1-13-9-16(15-5-3-4-6-17(15)20-13)19(25)22-7-8-26-14(11-22)10-21(2)12-18(23)24/h3-6,9,14H,7-8,10-12H2,1-2H3,(H,23,24)/t14-/m1/s1. The highest BCUT2D eigenvalue weighted by Gasteiger charge is 2.27. The molecule has 1 atom stereocenters. The van der Waals surface area contributed by atoms with E-state index < -0.39 is 5.97 Å². The van der Waals surface area contributed by atoms with Gasteiger partial charge in [-0.1, -0.05) is 18.2 Å². The first kappa shape index (κ1) is 18.3. The Balaban J connectivity index is 1.77. The highest BCUT2D eigenvalue weighted by Crippen LogP contribution is 2.21. The van der Waals surface area contributed by atoms with Crippen LogP contribution in [0.3, 0.4) is 0 Å². The molecule has 7 nitrogen and oxygen atoms in total. The van der Waals surface area contributed by atoms with E-state index in [1.165, 1.54) is 0 Å². The van der Waals surface area contributed by atoms with E-state index in [1.54, 1.807) is 16.8 Å². The predicted octanol–water partition coefficient (Wildman–Crippen LogP) is 1.40. The highest BCUT2D eigenvalue weighted by molar-refractivity contribution is 6.06.